The van der Waals surface area contributed by atoms with E-state index in [4.69, 9.17) is 0 Å². The molecule has 3 nitrogen and oxygen atoms in total. The molecule has 3 saturated carbocycles. The second-order valence-corrected chi connectivity index (χ2v) is 10.8. The van der Waals surface area contributed by atoms with Gasteiger partial charge in [-0.25, -0.2) is 4.39 Å². The number of nitrogens with zero attached hydrogens (tertiary/aromatic N) is 1. The van der Waals surface area contributed by atoms with E-state index < -0.39 is 18.4 Å². The summed E-state index contributed by atoms with van der Waals surface area (Å²) in [6.45, 7) is 11.5. The molecule has 168 valence electrons. The van der Waals surface area contributed by atoms with Gasteiger partial charge >= 0.3 is 0 Å². The fourth-order valence-electron chi connectivity index (χ4n) is 7.16. The SMILES string of the molecule is C=C1/C(=C\C=C2/CCC[C@]3(C)[C@@H]([C@@H](C)CN4CC[C@@H](F)C4)CC[C@@H]23)CC(O)CC1O. The first-order valence-electron chi connectivity index (χ1n) is 12.1. The van der Waals surface area contributed by atoms with Gasteiger partial charge in [0.25, 0.3) is 0 Å². The second-order valence-electron chi connectivity index (χ2n) is 10.8. The van der Waals surface area contributed by atoms with Crippen LogP contribution in [-0.2, 0) is 0 Å². The molecule has 30 heavy (non-hydrogen) atoms. The molecule has 0 bridgehead atoms. The van der Waals surface area contributed by atoms with Crippen LogP contribution in [0.4, 0.5) is 4.39 Å². The van der Waals surface area contributed by atoms with Gasteiger partial charge in [0.15, 0.2) is 0 Å². The lowest BCUT2D eigenvalue weighted by atomic mass is 9.61. The Bertz CT molecular complexity index is 716. The van der Waals surface area contributed by atoms with Crippen LogP contribution in [0.5, 0.6) is 0 Å². The summed E-state index contributed by atoms with van der Waals surface area (Å²) in [4.78, 5) is 2.33. The minimum atomic E-state index is -0.632. The number of alkyl halides is 1. The van der Waals surface area contributed by atoms with E-state index in [1.807, 2.05) is 0 Å². The van der Waals surface area contributed by atoms with Gasteiger partial charge in [-0.05, 0) is 79.3 Å². The number of fused-ring (bicyclic) bond motifs is 1. The molecule has 1 heterocycles. The molecule has 0 aromatic rings. The van der Waals surface area contributed by atoms with Crippen molar-refractivity contribution in [3.63, 3.8) is 0 Å². The van der Waals surface area contributed by atoms with Crippen molar-refractivity contribution in [2.24, 2.45) is 23.2 Å². The average Bonchev–Trinajstić information content (AvgIpc) is 3.25. The number of halogens is 1. The lowest BCUT2D eigenvalue weighted by molar-refractivity contribution is 0.0811. The van der Waals surface area contributed by atoms with Gasteiger partial charge in [-0.2, -0.15) is 0 Å². The van der Waals surface area contributed by atoms with E-state index in [-0.39, 0.29) is 0 Å². The summed E-state index contributed by atoms with van der Waals surface area (Å²) < 4.78 is 13.6. The predicted octanol–water partition coefficient (Wildman–Crippen LogP) is 4.81. The lowest BCUT2D eigenvalue weighted by Crippen LogP contribution is -2.39. The molecule has 1 saturated heterocycles. The van der Waals surface area contributed by atoms with Crippen molar-refractivity contribution in [1.82, 2.24) is 4.90 Å². The Morgan fingerprint density at radius 1 is 1.27 bits per heavy atom. The summed E-state index contributed by atoms with van der Waals surface area (Å²) in [5.41, 5.74) is 3.64. The standard InChI is InChI=1S/C26H40FNO2/c1-17(15-28-12-10-21(27)16-28)23-8-9-24-19(5-4-11-26(23,24)3)6-7-20-13-22(29)14-25(30)18(20)2/h6-7,17,21-25,29-30H,2,4-5,8-16H2,1,3H3/b19-6+,20-7-/t17-,21+,22?,23+,24-,25?,26+/m0/s1. The van der Waals surface area contributed by atoms with E-state index in [9.17, 15) is 14.6 Å². The molecule has 0 aromatic carbocycles. The number of likely N-dealkylation sites (tertiary alicyclic amines) is 1. The molecule has 0 amide bonds. The van der Waals surface area contributed by atoms with Gasteiger partial charge in [0.2, 0.25) is 0 Å². The summed E-state index contributed by atoms with van der Waals surface area (Å²) in [5, 5.41) is 20.2. The Morgan fingerprint density at radius 3 is 2.80 bits per heavy atom. The zero-order valence-electron chi connectivity index (χ0n) is 18.8. The van der Waals surface area contributed by atoms with E-state index in [0.717, 1.165) is 30.7 Å². The molecule has 4 heteroatoms. The van der Waals surface area contributed by atoms with Gasteiger partial charge in [0.05, 0.1) is 12.2 Å². The van der Waals surface area contributed by atoms with E-state index >= 15 is 0 Å². The van der Waals surface area contributed by atoms with Crippen molar-refractivity contribution in [2.45, 2.75) is 83.6 Å². The van der Waals surface area contributed by atoms with Crippen molar-refractivity contribution in [3.05, 3.63) is 35.5 Å². The van der Waals surface area contributed by atoms with Crippen molar-refractivity contribution in [2.75, 3.05) is 19.6 Å². The van der Waals surface area contributed by atoms with Crippen LogP contribution in [0.3, 0.4) is 0 Å². The fourth-order valence-corrected chi connectivity index (χ4v) is 7.16. The topological polar surface area (TPSA) is 43.7 Å². The maximum atomic E-state index is 13.6. The predicted molar refractivity (Wildman–Crippen MR) is 120 cm³/mol. The van der Waals surface area contributed by atoms with E-state index in [1.165, 1.54) is 25.7 Å². The molecular formula is C26H40FNO2. The maximum absolute atomic E-state index is 13.6. The molecule has 4 aliphatic rings. The normalized spacial score (nSPS) is 44.0. The van der Waals surface area contributed by atoms with E-state index in [0.29, 0.717) is 49.0 Å². The third-order valence-electron chi connectivity index (χ3n) is 8.75. The monoisotopic (exact) mass is 417 g/mol. The molecule has 4 fully saturated rings. The van der Waals surface area contributed by atoms with Gasteiger partial charge in [-0.3, -0.25) is 0 Å². The highest BCUT2D eigenvalue weighted by molar-refractivity contribution is 5.38. The molecular weight excluding hydrogens is 377 g/mol. The van der Waals surface area contributed by atoms with Gasteiger partial charge < -0.3 is 15.1 Å². The van der Waals surface area contributed by atoms with E-state index in [1.54, 1.807) is 5.57 Å². The smallest absolute Gasteiger partial charge is 0.114 e. The number of hydrogen-bond donors (Lipinski definition) is 2. The summed E-state index contributed by atoms with van der Waals surface area (Å²) in [6, 6.07) is 0. The van der Waals surface area contributed by atoms with Crippen LogP contribution in [0, 0.1) is 23.2 Å². The summed E-state index contributed by atoms with van der Waals surface area (Å²) in [5.74, 6) is 1.92. The zero-order chi connectivity index (χ0) is 21.5. The highest BCUT2D eigenvalue weighted by Gasteiger charge is 2.50. The van der Waals surface area contributed by atoms with Gasteiger partial charge in [0.1, 0.15) is 6.17 Å². The summed E-state index contributed by atoms with van der Waals surface area (Å²) in [6.07, 6.45) is 10.6. The minimum Gasteiger partial charge on any atom is -0.393 e. The van der Waals surface area contributed by atoms with Gasteiger partial charge in [-0.1, -0.05) is 38.2 Å². The molecule has 2 unspecified atom stereocenters. The number of rotatable bonds is 4. The number of aliphatic hydroxyl groups excluding tert-OH is 2. The van der Waals surface area contributed by atoms with Crippen LogP contribution in [0.25, 0.3) is 0 Å². The third-order valence-corrected chi connectivity index (χ3v) is 8.75. The van der Waals surface area contributed by atoms with Crippen LogP contribution in [0.1, 0.15) is 65.2 Å². The van der Waals surface area contributed by atoms with Crippen LogP contribution in [-0.4, -0.2) is 53.1 Å². The Balaban J connectivity index is 1.47. The summed E-state index contributed by atoms with van der Waals surface area (Å²) in [7, 11) is 0. The second kappa shape index (κ2) is 8.88. The Hall–Kier alpha value is -0.970. The molecule has 0 aromatic heterocycles. The molecule has 2 N–H and O–H groups in total. The number of aliphatic hydroxyl groups is 2. The highest BCUT2D eigenvalue weighted by Crippen LogP contribution is 2.59. The molecule has 7 atom stereocenters. The van der Waals surface area contributed by atoms with Crippen LogP contribution in [0.15, 0.2) is 35.5 Å². The van der Waals surface area contributed by atoms with Gasteiger partial charge in [-0.15, -0.1) is 0 Å². The Morgan fingerprint density at radius 2 is 2.07 bits per heavy atom. The van der Waals surface area contributed by atoms with Crippen molar-refractivity contribution >= 4 is 0 Å². The van der Waals surface area contributed by atoms with E-state index in [2.05, 4.69) is 37.5 Å². The average molecular weight is 418 g/mol. The number of hydrogen-bond acceptors (Lipinski definition) is 3. The molecule has 0 radical (unpaired) electrons. The van der Waals surface area contributed by atoms with Crippen molar-refractivity contribution in [3.8, 4) is 0 Å². The molecule has 4 rings (SSSR count). The number of allylic oxidation sites excluding steroid dienone is 3. The van der Waals surface area contributed by atoms with Crippen molar-refractivity contribution in [1.29, 1.82) is 0 Å². The summed E-state index contributed by atoms with van der Waals surface area (Å²) >= 11 is 0. The zero-order valence-corrected chi connectivity index (χ0v) is 18.8. The molecule has 0 spiro atoms. The van der Waals surface area contributed by atoms with Crippen LogP contribution < -0.4 is 0 Å². The largest absolute Gasteiger partial charge is 0.393 e. The fraction of sp³-hybridized carbons (Fsp3) is 0.769. The van der Waals surface area contributed by atoms with Crippen LogP contribution >= 0.6 is 0 Å². The van der Waals surface area contributed by atoms with Gasteiger partial charge in [0, 0.05) is 26.1 Å². The Labute approximate surface area is 181 Å². The first-order valence-corrected chi connectivity index (χ1v) is 12.1. The van der Waals surface area contributed by atoms with Crippen molar-refractivity contribution < 1.29 is 14.6 Å². The third kappa shape index (κ3) is 4.33. The first-order chi connectivity index (χ1) is 14.3. The highest BCUT2D eigenvalue weighted by atomic mass is 19.1. The molecule has 3 aliphatic carbocycles. The lowest BCUT2D eigenvalue weighted by Gasteiger charge is -2.45. The maximum Gasteiger partial charge on any atom is 0.114 e. The quantitative estimate of drug-likeness (QED) is 0.690. The first kappa shape index (κ1) is 22.2. The minimum absolute atomic E-state index is 0.333. The van der Waals surface area contributed by atoms with Crippen LogP contribution in [0.2, 0.25) is 0 Å². The molecule has 1 aliphatic heterocycles. The Kier molecular flexibility index (Phi) is 6.58.